The summed E-state index contributed by atoms with van der Waals surface area (Å²) in [6.07, 6.45) is 11.0. The van der Waals surface area contributed by atoms with Gasteiger partial charge in [0.15, 0.2) is 5.78 Å². The molecule has 5 heteroatoms. The molecule has 7 atom stereocenters. The van der Waals surface area contributed by atoms with Gasteiger partial charge in [-0.15, -0.1) is 0 Å². The summed E-state index contributed by atoms with van der Waals surface area (Å²) < 4.78 is 11.0. The maximum absolute atomic E-state index is 13.6. The number of rotatable bonds is 6. The van der Waals surface area contributed by atoms with Crippen molar-refractivity contribution in [3.8, 4) is 0 Å². The van der Waals surface area contributed by atoms with Crippen molar-refractivity contribution < 1.29 is 23.9 Å². The number of ketones is 1. The van der Waals surface area contributed by atoms with E-state index >= 15 is 0 Å². The molecule has 38 heavy (non-hydrogen) atoms. The number of allylic oxidation sites excluding steroid dienone is 3. The first kappa shape index (κ1) is 26.9. The van der Waals surface area contributed by atoms with Gasteiger partial charge in [0, 0.05) is 18.1 Å². The zero-order chi connectivity index (χ0) is 27.1. The van der Waals surface area contributed by atoms with E-state index in [0.29, 0.717) is 36.2 Å². The third kappa shape index (κ3) is 4.67. The monoisotopic (exact) mass is 518 g/mol. The molecule has 204 valence electrons. The van der Waals surface area contributed by atoms with Crippen LogP contribution in [-0.4, -0.2) is 30.4 Å². The molecule has 5 nitrogen and oxygen atoms in total. The maximum atomic E-state index is 13.6. The van der Waals surface area contributed by atoms with Gasteiger partial charge in [-0.05, 0) is 98.5 Å². The van der Waals surface area contributed by atoms with Gasteiger partial charge in [0.25, 0.3) is 0 Å². The average molecular weight is 519 g/mol. The number of hydrogen-bond acceptors (Lipinski definition) is 5. The third-order valence-corrected chi connectivity index (χ3v) is 10.6. The molecule has 0 amide bonds. The molecule has 0 saturated heterocycles. The number of fused-ring (bicyclic) bond motifs is 4. The summed E-state index contributed by atoms with van der Waals surface area (Å²) in [5.41, 5.74) is 3.17. The Hall–Kier alpha value is -2.69. The maximum Gasteiger partial charge on any atom is 0.338 e. The van der Waals surface area contributed by atoms with Crippen molar-refractivity contribution >= 4 is 17.7 Å². The van der Waals surface area contributed by atoms with Crippen LogP contribution >= 0.6 is 0 Å². The number of hydrogen-bond donors (Lipinski definition) is 0. The molecule has 0 radical (unpaired) electrons. The molecule has 0 bridgehead atoms. The van der Waals surface area contributed by atoms with Crippen LogP contribution in [0.4, 0.5) is 0 Å². The van der Waals surface area contributed by atoms with E-state index in [1.165, 1.54) is 11.6 Å². The van der Waals surface area contributed by atoms with Crippen molar-refractivity contribution in [3.63, 3.8) is 0 Å². The Bertz CT molecular complexity index is 1150. The second kappa shape index (κ2) is 10.5. The summed E-state index contributed by atoms with van der Waals surface area (Å²) in [5, 5.41) is 0. The molecule has 1 aromatic rings. The fourth-order valence-electron chi connectivity index (χ4n) is 8.55. The first-order chi connectivity index (χ1) is 18.2. The first-order valence-corrected chi connectivity index (χ1v) is 14.5. The van der Waals surface area contributed by atoms with Crippen LogP contribution in [0.25, 0.3) is 0 Å². The minimum atomic E-state index is -0.313. The van der Waals surface area contributed by atoms with Gasteiger partial charge in [0.2, 0.25) is 0 Å². The van der Waals surface area contributed by atoms with Crippen molar-refractivity contribution in [1.82, 2.24) is 0 Å². The van der Waals surface area contributed by atoms with Gasteiger partial charge in [-0.3, -0.25) is 4.79 Å². The summed E-state index contributed by atoms with van der Waals surface area (Å²) in [5.74, 6) is 1.06. The fraction of sp³-hybridized carbons (Fsp3) is 0.606. The molecule has 3 fully saturated rings. The molecule has 1 aromatic carbocycles. The minimum Gasteiger partial charge on any atom is -0.463 e. The molecule has 4 aliphatic rings. The highest BCUT2D eigenvalue weighted by Gasteiger charge is 2.58. The number of carbonyl (C=O) groups excluding carboxylic acids is 3. The summed E-state index contributed by atoms with van der Waals surface area (Å²) in [6, 6.07) is 9.27. The second-order valence-electron chi connectivity index (χ2n) is 12.5. The van der Waals surface area contributed by atoms with E-state index in [0.717, 1.165) is 50.5 Å². The van der Waals surface area contributed by atoms with Crippen LogP contribution in [0.3, 0.4) is 0 Å². The summed E-state index contributed by atoms with van der Waals surface area (Å²) in [6.45, 7) is 9.03. The molecular weight excluding hydrogens is 476 g/mol. The standard InChI is InChI=1S/C33H42O5/c1-5-37-29(35)14-11-21(2)27-20-28(34)30-25-13-12-23-19-24(38-31(36)22-9-7-6-8-10-22)15-17-32(23,3)26(25)16-18-33(27,30)4/h6-11,14,21,23-24,26-27H,5,12-13,15-20H2,1-4H3/b14-11+/t21-,23+,24+,26+,27-,32+,33-/m1/s1. The Labute approximate surface area is 227 Å². The van der Waals surface area contributed by atoms with Gasteiger partial charge in [0.05, 0.1) is 12.2 Å². The minimum absolute atomic E-state index is 0.0339. The lowest BCUT2D eigenvalue weighted by molar-refractivity contribution is -0.137. The molecule has 4 aliphatic carbocycles. The topological polar surface area (TPSA) is 69.7 Å². The van der Waals surface area contributed by atoms with Crippen LogP contribution in [0.5, 0.6) is 0 Å². The first-order valence-electron chi connectivity index (χ1n) is 14.5. The summed E-state index contributed by atoms with van der Waals surface area (Å²) in [4.78, 5) is 38.1. The van der Waals surface area contributed by atoms with E-state index in [9.17, 15) is 14.4 Å². The average Bonchev–Trinajstić information content (AvgIpc) is 3.18. The quantitative estimate of drug-likeness (QED) is 0.304. The Morgan fingerprint density at radius 3 is 2.61 bits per heavy atom. The van der Waals surface area contributed by atoms with E-state index in [2.05, 4.69) is 20.8 Å². The number of benzene rings is 1. The molecule has 0 N–H and O–H groups in total. The van der Waals surface area contributed by atoms with Gasteiger partial charge in [-0.2, -0.15) is 0 Å². The van der Waals surface area contributed by atoms with E-state index in [-0.39, 0.29) is 40.7 Å². The molecule has 0 heterocycles. The van der Waals surface area contributed by atoms with Gasteiger partial charge in [0.1, 0.15) is 6.10 Å². The molecular formula is C33H42O5. The summed E-state index contributed by atoms with van der Waals surface area (Å²) >= 11 is 0. The lowest BCUT2D eigenvalue weighted by Crippen LogP contribution is -2.49. The lowest BCUT2D eigenvalue weighted by atomic mass is 9.49. The number of carbonyl (C=O) groups is 3. The smallest absolute Gasteiger partial charge is 0.338 e. The largest absolute Gasteiger partial charge is 0.463 e. The van der Waals surface area contributed by atoms with Gasteiger partial charge in [-0.1, -0.05) is 50.6 Å². The molecule has 0 unspecified atom stereocenters. The van der Waals surface area contributed by atoms with E-state index in [1.807, 2.05) is 43.3 Å². The molecule has 0 spiro atoms. The zero-order valence-electron chi connectivity index (χ0n) is 23.3. The van der Waals surface area contributed by atoms with Crippen LogP contribution in [-0.2, 0) is 19.1 Å². The highest BCUT2D eigenvalue weighted by atomic mass is 16.5. The van der Waals surface area contributed by atoms with E-state index < -0.39 is 0 Å². The van der Waals surface area contributed by atoms with Crippen LogP contribution < -0.4 is 0 Å². The summed E-state index contributed by atoms with van der Waals surface area (Å²) in [7, 11) is 0. The van der Waals surface area contributed by atoms with Crippen LogP contribution in [0.2, 0.25) is 0 Å². The Balaban J connectivity index is 1.32. The number of esters is 2. The van der Waals surface area contributed by atoms with Crippen LogP contribution in [0.1, 0.15) is 89.4 Å². The Kier molecular flexibility index (Phi) is 7.41. The second-order valence-corrected chi connectivity index (χ2v) is 12.5. The highest BCUT2D eigenvalue weighted by Crippen LogP contribution is 2.65. The van der Waals surface area contributed by atoms with E-state index in [1.54, 1.807) is 0 Å². The number of ether oxygens (including phenoxy) is 2. The van der Waals surface area contributed by atoms with E-state index in [4.69, 9.17) is 9.47 Å². The normalized spacial score (nSPS) is 35.3. The van der Waals surface area contributed by atoms with Crippen molar-refractivity contribution in [3.05, 3.63) is 59.2 Å². The molecule has 0 aliphatic heterocycles. The zero-order valence-corrected chi connectivity index (χ0v) is 23.3. The van der Waals surface area contributed by atoms with Gasteiger partial charge in [-0.25, -0.2) is 9.59 Å². The Morgan fingerprint density at radius 1 is 1.11 bits per heavy atom. The highest BCUT2D eigenvalue weighted by molar-refractivity contribution is 6.00. The van der Waals surface area contributed by atoms with Crippen molar-refractivity contribution in [2.75, 3.05) is 6.61 Å². The predicted octanol–water partition coefficient (Wildman–Crippen LogP) is 6.87. The van der Waals surface area contributed by atoms with Crippen molar-refractivity contribution in [2.45, 2.75) is 85.2 Å². The SMILES string of the molecule is CCOC(=O)/C=C/[C@@H](C)[C@H]1CC(=O)C2=C3CC[C@H]4C[C@@H](OC(=O)c5ccccc5)CC[C@]4(C)[C@H]3CC[C@@]21C. The Morgan fingerprint density at radius 2 is 1.87 bits per heavy atom. The van der Waals surface area contributed by atoms with Crippen LogP contribution in [0.15, 0.2) is 53.6 Å². The molecule has 3 saturated carbocycles. The van der Waals surface area contributed by atoms with Crippen LogP contribution in [0, 0.1) is 34.5 Å². The van der Waals surface area contributed by atoms with Gasteiger partial charge < -0.3 is 9.47 Å². The predicted molar refractivity (Wildman–Crippen MR) is 146 cm³/mol. The number of Topliss-reactive ketones (excluding diaryl/α,β-unsaturated/α-hetero) is 1. The van der Waals surface area contributed by atoms with Gasteiger partial charge >= 0.3 is 11.9 Å². The van der Waals surface area contributed by atoms with Crippen molar-refractivity contribution in [1.29, 1.82) is 0 Å². The molecule has 0 aromatic heterocycles. The fourth-order valence-corrected chi connectivity index (χ4v) is 8.55. The molecule has 5 rings (SSSR count). The van der Waals surface area contributed by atoms with Crippen molar-refractivity contribution in [2.24, 2.45) is 34.5 Å². The third-order valence-electron chi connectivity index (χ3n) is 10.6. The lowest BCUT2D eigenvalue weighted by Gasteiger charge is -2.56.